The van der Waals surface area contributed by atoms with Crippen LogP contribution in [-0.2, 0) is 0 Å². The van der Waals surface area contributed by atoms with E-state index in [1.165, 1.54) is 22.9 Å². The molecule has 1 fully saturated rings. The number of pyridine rings is 1. The first kappa shape index (κ1) is 12.6. The van der Waals surface area contributed by atoms with Gasteiger partial charge in [0.25, 0.3) is 0 Å². The third kappa shape index (κ3) is 2.79. The Morgan fingerprint density at radius 1 is 1.21 bits per heavy atom. The van der Waals surface area contributed by atoms with E-state index in [1.54, 1.807) is 0 Å². The lowest BCUT2D eigenvalue weighted by Crippen LogP contribution is -2.37. The van der Waals surface area contributed by atoms with E-state index in [0.29, 0.717) is 5.92 Å². The molecule has 2 aromatic rings. The molecule has 3 rings (SSSR count). The molecule has 1 saturated carbocycles. The summed E-state index contributed by atoms with van der Waals surface area (Å²) in [6.07, 6.45) is 3.19. The van der Waals surface area contributed by atoms with E-state index in [9.17, 15) is 0 Å². The van der Waals surface area contributed by atoms with Crippen LogP contribution in [0.4, 0.5) is 0 Å². The van der Waals surface area contributed by atoms with Crippen LogP contribution in [0.1, 0.15) is 38.7 Å². The number of rotatable bonds is 3. The number of para-hydroxylation sites is 1. The van der Waals surface area contributed by atoms with Crippen LogP contribution >= 0.6 is 0 Å². The van der Waals surface area contributed by atoms with Crippen molar-refractivity contribution in [3.63, 3.8) is 0 Å². The van der Waals surface area contributed by atoms with Crippen molar-refractivity contribution < 1.29 is 0 Å². The second-order valence-corrected chi connectivity index (χ2v) is 6.66. The van der Waals surface area contributed by atoms with E-state index < -0.39 is 0 Å². The lowest BCUT2D eigenvalue weighted by molar-refractivity contribution is 0.414. The van der Waals surface area contributed by atoms with Crippen LogP contribution in [0.2, 0.25) is 0 Å². The van der Waals surface area contributed by atoms with E-state index in [4.69, 9.17) is 0 Å². The van der Waals surface area contributed by atoms with Crippen LogP contribution in [0.25, 0.3) is 10.9 Å². The summed E-state index contributed by atoms with van der Waals surface area (Å²) in [5, 5.41) is 4.87. The molecule has 0 amide bonds. The summed E-state index contributed by atoms with van der Waals surface area (Å²) < 4.78 is 0. The molecule has 0 bridgehead atoms. The molecule has 1 aromatic heterocycles. The molecule has 100 valence electrons. The molecule has 1 N–H and O–H groups in total. The van der Waals surface area contributed by atoms with Crippen molar-refractivity contribution in [2.45, 2.75) is 38.6 Å². The standard InChI is InChI=1S/C17H22N2/c1-17(2,3)19-11-13-10-15(13)14-8-4-6-12-7-5-9-18-16(12)14/h4-9,13,15,19H,10-11H2,1-3H3. The zero-order chi connectivity index (χ0) is 13.5. The van der Waals surface area contributed by atoms with Gasteiger partial charge in [0.1, 0.15) is 0 Å². The minimum absolute atomic E-state index is 0.212. The Morgan fingerprint density at radius 3 is 2.79 bits per heavy atom. The quantitative estimate of drug-likeness (QED) is 0.903. The number of nitrogens with one attached hydrogen (secondary N) is 1. The average Bonchev–Trinajstić information content (AvgIpc) is 3.14. The minimum Gasteiger partial charge on any atom is -0.312 e. The third-order valence-electron chi connectivity index (χ3n) is 3.88. The van der Waals surface area contributed by atoms with Crippen LogP contribution in [-0.4, -0.2) is 17.1 Å². The Balaban J connectivity index is 1.77. The highest BCUT2D eigenvalue weighted by Crippen LogP contribution is 2.48. The van der Waals surface area contributed by atoms with Gasteiger partial charge in [-0.15, -0.1) is 0 Å². The maximum Gasteiger partial charge on any atom is 0.0736 e. The number of benzene rings is 1. The normalized spacial score (nSPS) is 22.7. The molecule has 19 heavy (non-hydrogen) atoms. The number of fused-ring (bicyclic) bond motifs is 1. The Morgan fingerprint density at radius 2 is 2.00 bits per heavy atom. The monoisotopic (exact) mass is 254 g/mol. The number of nitrogens with zero attached hydrogens (tertiary/aromatic N) is 1. The predicted octanol–water partition coefficient (Wildman–Crippen LogP) is 3.73. The molecule has 1 aliphatic carbocycles. The van der Waals surface area contributed by atoms with E-state index >= 15 is 0 Å². The van der Waals surface area contributed by atoms with Crippen molar-refractivity contribution in [2.75, 3.05) is 6.54 Å². The number of aromatic nitrogens is 1. The van der Waals surface area contributed by atoms with E-state index in [0.717, 1.165) is 12.5 Å². The Bertz CT molecular complexity index is 578. The smallest absolute Gasteiger partial charge is 0.0736 e. The summed E-state index contributed by atoms with van der Waals surface area (Å²) >= 11 is 0. The molecular weight excluding hydrogens is 232 g/mol. The lowest BCUT2D eigenvalue weighted by Gasteiger charge is -2.20. The Kier molecular flexibility index (Phi) is 3.06. The van der Waals surface area contributed by atoms with Crippen LogP contribution in [0.15, 0.2) is 36.5 Å². The molecule has 2 atom stereocenters. The van der Waals surface area contributed by atoms with Crippen molar-refractivity contribution >= 4 is 10.9 Å². The van der Waals surface area contributed by atoms with Gasteiger partial charge in [0.2, 0.25) is 0 Å². The zero-order valence-electron chi connectivity index (χ0n) is 12.0. The van der Waals surface area contributed by atoms with Gasteiger partial charge in [0, 0.05) is 17.1 Å². The van der Waals surface area contributed by atoms with Crippen molar-refractivity contribution in [1.82, 2.24) is 10.3 Å². The van der Waals surface area contributed by atoms with Crippen LogP contribution < -0.4 is 5.32 Å². The summed E-state index contributed by atoms with van der Waals surface area (Å²) in [7, 11) is 0. The van der Waals surface area contributed by atoms with Gasteiger partial charge in [-0.2, -0.15) is 0 Å². The fourth-order valence-corrected chi connectivity index (χ4v) is 2.72. The summed E-state index contributed by atoms with van der Waals surface area (Å²) in [5.74, 6) is 1.46. The van der Waals surface area contributed by atoms with Gasteiger partial charge in [-0.05, 0) is 57.2 Å². The SMILES string of the molecule is CC(C)(C)NCC1CC1c1cccc2cccnc12. The Hall–Kier alpha value is -1.41. The third-order valence-corrected chi connectivity index (χ3v) is 3.88. The molecule has 1 aromatic carbocycles. The first-order valence-electron chi connectivity index (χ1n) is 7.13. The molecule has 0 saturated heterocycles. The Labute approximate surface area is 115 Å². The second-order valence-electron chi connectivity index (χ2n) is 6.66. The molecule has 2 unspecified atom stereocenters. The first-order chi connectivity index (χ1) is 9.04. The molecule has 1 aliphatic rings. The predicted molar refractivity (Wildman–Crippen MR) is 80.3 cm³/mol. The van der Waals surface area contributed by atoms with E-state index in [1.807, 2.05) is 12.3 Å². The lowest BCUT2D eigenvalue weighted by atomic mass is 10.0. The highest BCUT2D eigenvalue weighted by molar-refractivity contribution is 5.82. The van der Waals surface area contributed by atoms with Gasteiger partial charge < -0.3 is 5.32 Å². The largest absolute Gasteiger partial charge is 0.312 e. The fourth-order valence-electron chi connectivity index (χ4n) is 2.72. The van der Waals surface area contributed by atoms with Crippen molar-refractivity contribution in [2.24, 2.45) is 5.92 Å². The summed E-state index contributed by atoms with van der Waals surface area (Å²) in [4.78, 5) is 4.57. The number of hydrogen-bond acceptors (Lipinski definition) is 2. The molecule has 2 nitrogen and oxygen atoms in total. The van der Waals surface area contributed by atoms with Crippen LogP contribution in [0.3, 0.4) is 0 Å². The molecular formula is C17H22N2. The second kappa shape index (κ2) is 4.61. The molecule has 2 heteroatoms. The van der Waals surface area contributed by atoms with Crippen molar-refractivity contribution in [3.05, 3.63) is 42.1 Å². The van der Waals surface area contributed by atoms with Gasteiger partial charge in [-0.3, -0.25) is 4.98 Å². The summed E-state index contributed by atoms with van der Waals surface area (Å²) in [6.45, 7) is 7.79. The van der Waals surface area contributed by atoms with Gasteiger partial charge in [0.05, 0.1) is 5.52 Å². The molecule has 0 radical (unpaired) electrons. The van der Waals surface area contributed by atoms with Crippen molar-refractivity contribution in [1.29, 1.82) is 0 Å². The summed E-state index contributed by atoms with van der Waals surface area (Å²) in [6, 6.07) is 10.7. The van der Waals surface area contributed by atoms with E-state index in [2.05, 4.69) is 55.3 Å². The maximum absolute atomic E-state index is 4.57. The summed E-state index contributed by atoms with van der Waals surface area (Å²) in [5.41, 5.74) is 2.83. The van der Waals surface area contributed by atoms with Gasteiger partial charge >= 0.3 is 0 Å². The molecule has 0 aliphatic heterocycles. The van der Waals surface area contributed by atoms with Crippen LogP contribution in [0.5, 0.6) is 0 Å². The molecule has 0 spiro atoms. The van der Waals surface area contributed by atoms with E-state index in [-0.39, 0.29) is 5.54 Å². The molecule has 1 heterocycles. The average molecular weight is 254 g/mol. The topological polar surface area (TPSA) is 24.9 Å². The van der Waals surface area contributed by atoms with Gasteiger partial charge in [-0.25, -0.2) is 0 Å². The van der Waals surface area contributed by atoms with Crippen molar-refractivity contribution in [3.8, 4) is 0 Å². The highest BCUT2D eigenvalue weighted by Gasteiger charge is 2.39. The van der Waals surface area contributed by atoms with Gasteiger partial charge in [-0.1, -0.05) is 24.3 Å². The minimum atomic E-state index is 0.212. The zero-order valence-corrected chi connectivity index (χ0v) is 12.0. The maximum atomic E-state index is 4.57. The fraction of sp³-hybridized carbons (Fsp3) is 0.471. The highest BCUT2D eigenvalue weighted by atomic mass is 15.0. The van der Waals surface area contributed by atoms with Gasteiger partial charge in [0.15, 0.2) is 0 Å². The first-order valence-corrected chi connectivity index (χ1v) is 7.13. The number of hydrogen-bond donors (Lipinski definition) is 1. The van der Waals surface area contributed by atoms with Crippen LogP contribution in [0, 0.1) is 5.92 Å².